The molecule has 0 aromatic rings. The summed E-state index contributed by atoms with van der Waals surface area (Å²) in [6.07, 6.45) is 3.79. The standard InChI is InChI=1S/C12H20N2O2/c1-5-6-7-14-9(15)8-13-11(16)10(14)12(2,3)4/h5-6,10H,7-8H2,1-4H3,(H,13,16)/b6-5+. The van der Waals surface area contributed by atoms with Crippen molar-refractivity contribution in [2.24, 2.45) is 5.41 Å². The second-order valence-electron chi connectivity index (χ2n) is 5.10. The van der Waals surface area contributed by atoms with Gasteiger partial charge in [-0.1, -0.05) is 32.9 Å². The van der Waals surface area contributed by atoms with E-state index in [1.165, 1.54) is 0 Å². The maximum atomic E-state index is 11.8. The molecule has 1 aliphatic rings. The van der Waals surface area contributed by atoms with Gasteiger partial charge in [0.2, 0.25) is 11.8 Å². The molecule has 1 atom stereocenters. The van der Waals surface area contributed by atoms with Crippen LogP contribution in [-0.2, 0) is 9.59 Å². The van der Waals surface area contributed by atoms with E-state index in [1.807, 2.05) is 39.8 Å². The van der Waals surface area contributed by atoms with Crippen molar-refractivity contribution in [1.82, 2.24) is 10.2 Å². The molecule has 1 rings (SSSR count). The maximum Gasteiger partial charge on any atom is 0.243 e. The Morgan fingerprint density at radius 2 is 2.06 bits per heavy atom. The first-order chi connectivity index (χ1) is 7.38. The number of nitrogens with zero attached hydrogens (tertiary/aromatic N) is 1. The zero-order valence-electron chi connectivity index (χ0n) is 10.4. The highest BCUT2D eigenvalue weighted by molar-refractivity contribution is 5.95. The molecule has 1 aliphatic heterocycles. The van der Waals surface area contributed by atoms with Gasteiger partial charge in [0.15, 0.2) is 0 Å². The number of nitrogens with one attached hydrogen (secondary N) is 1. The van der Waals surface area contributed by atoms with Crippen LogP contribution in [-0.4, -0.2) is 35.8 Å². The van der Waals surface area contributed by atoms with E-state index >= 15 is 0 Å². The number of hydrogen-bond donors (Lipinski definition) is 1. The molecular formula is C12H20N2O2. The lowest BCUT2D eigenvalue weighted by Gasteiger charge is -2.41. The second-order valence-corrected chi connectivity index (χ2v) is 5.10. The second kappa shape index (κ2) is 4.68. The Bertz CT molecular complexity index is 315. The van der Waals surface area contributed by atoms with Crippen LogP contribution in [0.5, 0.6) is 0 Å². The minimum absolute atomic E-state index is 0.0161. The summed E-state index contributed by atoms with van der Waals surface area (Å²) >= 11 is 0. The molecule has 4 heteroatoms. The first-order valence-corrected chi connectivity index (χ1v) is 5.56. The highest BCUT2D eigenvalue weighted by atomic mass is 16.2. The predicted octanol–water partition coefficient (Wildman–Crippen LogP) is 0.936. The maximum absolute atomic E-state index is 11.8. The van der Waals surface area contributed by atoms with Crippen molar-refractivity contribution in [1.29, 1.82) is 0 Å². The summed E-state index contributed by atoms with van der Waals surface area (Å²) in [5, 5.41) is 2.64. The van der Waals surface area contributed by atoms with Gasteiger partial charge in [0.25, 0.3) is 0 Å². The van der Waals surface area contributed by atoms with Gasteiger partial charge in [-0.25, -0.2) is 0 Å². The predicted molar refractivity (Wildman–Crippen MR) is 62.8 cm³/mol. The van der Waals surface area contributed by atoms with Crippen LogP contribution in [0.3, 0.4) is 0 Å². The Morgan fingerprint density at radius 1 is 1.44 bits per heavy atom. The molecule has 1 N–H and O–H groups in total. The van der Waals surface area contributed by atoms with E-state index in [0.717, 1.165) is 0 Å². The Labute approximate surface area is 96.7 Å². The lowest BCUT2D eigenvalue weighted by Crippen LogP contribution is -2.62. The van der Waals surface area contributed by atoms with Gasteiger partial charge in [0.1, 0.15) is 6.04 Å². The first kappa shape index (κ1) is 12.7. The average molecular weight is 224 g/mol. The molecule has 90 valence electrons. The molecule has 1 heterocycles. The summed E-state index contributed by atoms with van der Waals surface area (Å²) < 4.78 is 0. The van der Waals surface area contributed by atoms with E-state index in [1.54, 1.807) is 4.90 Å². The molecule has 0 saturated carbocycles. The van der Waals surface area contributed by atoms with Gasteiger partial charge in [0, 0.05) is 6.54 Å². The van der Waals surface area contributed by atoms with Crippen LogP contribution in [0.4, 0.5) is 0 Å². The molecule has 4 nitrogen and oxygen atoms in total. The van der Waals surface area contributed by atoms with Crippen molar-refractivity contribution in [2.75, 3.05) is 13.1 Å². The topological polar surface area (TPSA) is 49.4 Å². The van der Waals surface area contributed by atoms with Crippen LogP contribution in [0.15, 0.2) is 12.2 Å². The van der Waals surface area contributed by atoms with Gasteiger partial charge in [-0.3, -0.25) is 9.59 Å². The molecule has 0 aromatic heterocycles. The largest absolute Gasteiger partial charge is 0.345 e. The number of carbonyl (C=O) groups is 2. The molecule has 0 aliphatic carbocycles. The average Bonchev–Trinajstić information content (AvgIpc) is 2.17. The number of rotatable bonds is 2. The van der Waals surface area contributed by atoms with E-state index in [4.69, 9.17) is 0 Å². The third-order valence-corrected chi connectivity index (χ3v) is 2.65. The minimum Gasteiger partial charge on any atom is -0.345 e. The van der Waals surface area contributed by atoms with Gasteiger partial charge >= 0.3 is 0 Å². The van der Waals surface area contributed by atoms with Crippen molar-refractivity contribution < 1.29 is 9.59 Å². The Balaban J connectivity index is 2.95. The van der Waals surface area contributed by atoms with E-state index in [0.29, 0.717) is 6.54 Å². The van der Waals surface area contributed by atoms with Crippen LogP contribution in [0.2, 0.25) is 0 Å². The number of allylic oxidation sites excluding steroid dienone is 1. The van der Waals surface area contributed by atoms with Gasteiger partial charge in [-0.2, -0.15) is 0 Å². The fourth-order valence-electron chi connectivity index (χ4n) is 1.93. The lowest BCUT2D eigenvalue weighted by atomic mass is 9.84. The van der Waals surface area contributed by atoms with Crippen LogP contribution in [0, 0.1) is 5.41 Å². The molecule has 1 unspecified atom stereocenters. The smallest absolute Gasteiger partial charge is 0.243 e. The van der Waals surface area contributed by atoms with Crippen molar-refractivity contribution in [3.05, 3.63) is 12.2 Å². The number of piperazine rings is 1. The minimum atomic E-state index is -0.384. The molecule has 1 fully saturated rings. The zero-order valence-corrected chi connectivity index (χ0v) is 10.4. The zero-order chi connectivity index (χ0) is 12.3. The summed E-state index contributed by atoms with van der Waals surface area (Å²) in [6.45, 7) is 8.43. The normalized spacial score (nSPS) is 22.8. The first-order valence-electron chi connectivity index (χ1n) is 5.56. The van der Waals surface area contributed by atoms with E-state index in [9.17, 15) is 9.59 Å². The van der Waals surface area contributed by atoms with E-state index in [-0.39, 0.29) is 29.8 Å². The van der Waals surface area contributed by atoms with E-state index < -0.39 is 0 Å². The molecule has 1 saturated heterocycles. The van der Waals surface area contributed by atoms with Gasteiger partial charge in [0.05, 0.1) is 6.54 Å². The van der Waals surface area contributed by atoms with Crippen molar-refractivity contribution in [3.63, 3.8) is 0 Å². The SMILES string of the molecule is C/C=C/CN1C(=O)CNC(=O)C1C(C)(C)C. The summed E-state index contributed by atoms with van der Waals surface area (Å²) in [4.78, 5) is 25.3. The lowest BCUT2D eigenvalue weighted by molar-refractivity contribution is -0.149. The Kier molecular flexibility index (Phi) is 3.73. The van der Waals surface area contributed by atoms with E-state index in [2.05, 4.69) is 5.32 Å². The fourth-order valence-corrected chi connectivity index (χ4v) is 1.93. The molecule has 0 bridgehead atoms. The third-order valence-electron chi connectivity index (χ3n) is 2.65. The number of amides is 2. The number of hydrogen-bond acceptors (Lipinski definition) is 2. The van der Waals surface area contributed by atoms with Crippen LogP contribution in [0.1, 0.15) is 27.7 Å². The fraction of sp³-hybridized carbons (Fsp3) is 0.667. The van der Waals surface area contributed by atoms with Gasteiger partial charge in [-0.05, 0) is 12.3 Å². The summed E-state index contributed by atoms with van der Waals surface area (Å²) in [7, 11) is 0. The highest BCUT2D eigenvalue weighted by Gasteiger charge is 2.41. The number of carbonyl (C=O) groups excluding carboxylic acids is 2. The molecular weight excluding hydrogens is 204 g/mol. The van der Waals surface area contributed by atoms with Gasteiger partial charge < -0.3 is 10.2 Å². The van der Waals surface area contributed by atoms with Crippen molar-refractivity contribution >= 4 is 11.8 Å². The Morgan fingerprint density at radius 3 is 2.56 bits per heavy atom. The monoisotopic (exact) mass is 224 g/mol. The summed E-state index contributed by atoms with van der Waals surface area (Å²) in [5.74, 6) is -0.0748. The van der Waals surface area contributed by atoms with Crippen LogP contribution < -0.4 is 5.32 Å². The van der Waals surface area contributed by atoms with Crippen LogP contribution in [0.25, 0.3) is 0 Å². The molecule has 0 spiro atoms. The van der Waals surface area contributed by atoms with Crippen molar-refractivity contribution in [3.8, 4) is 0 Å². The quantitative estimate of drug-likeness (QED) is 0.710. The summed E-state index contributed by atoms with van der Waals surface area (Å²) in [6, 6.07) is -0.384. The van der Waals surface area contributed by atoms with Gasteiger partial charge in [-0.15, -0.1) is 0 Å². The summed E-state index contributed by atoms with van der Waals surface area (Å²) in [5.41, 5.74) is -0.248. The van der Waals surface area contributed by atoms with Crippen LogP contribution >= 0.6 is 0 Å². The highest BCUT2D eigenvalue weighted by Crippen LogP contribution is 2.26. The molecule has 2 amide bonds. The third kappa shape index (κ3) is 2.62. The molecule has 0 aromatic carbocycles. The Hall–Kier alpha value is -1.32. The molecule has 16 heavy (non-hydrogen) atoms. The van der Waals surface area contributed by atoms with Crippen molar-refractivity contribution in [2.45, 2.75) is 33.7 Å². The molecule has 0 radical (unpaired) electrons.